The Hall–Kier alpha value is -2.60. The van der Waals surface area contributed by atoms with Crippen molar-refractivity contribution in [3.8, 4) is 5.75 Å². The minimum Gasteiger partial charge on any atom is -0.484 e. The maximum atomic E-state index is 13.1. The molecule has 0 unspecified atom stereocenters. The molecule has 0 saturated heterocycles. The zero-order valence-electron chi connectivity index (χ0n) is 17.7. The van der Waals surface area contributed by atoms with Gasteiger partial charge in [-0.15, -0.1) is 0 Å². The first-order valence-electron chi connectivity index (χ1n) is 9.84. The molecule has 1 N–H and O–H groups in total. The van der Waals surface area contributed by atoms with Gasteiger partial charge in [-0.1, -0.05) is 36.7 Å². The summed E-state index contributed by atoms with van der Waals surface area (Å²) in [6.45, 7) is 7.39. The van der Waals surface area contributed by atoms with Gasteiger partial charge >= 0.3 is 0 Å². The van der Waals surface area contributed by atoms with E-state index in [0.29, 0.717) is 17.2 Å². The minimum atomic E-state index is -0.690. The molecule has 0 radical (unpaired) electrons. The first kappa shape index (κ1) is 23.7. The summed E-state index contributed by atoms with van der Waals surface area (Å²) in [5.41, 5.74) is 0.296. The van der Waals surface area contributed by atoms with Gasteiger partial charge in [-0.3, -0.25) is 9.59 Å². The highest BCUT2D eigenvalue weighted by atomic mass is 35.5. The molecule has 162 valence electrons. The maximum absolute atomic E-state index is 13.1. The SMILES string of the molecule is CC[C@@H](C(=O)NC(C)(C)C)N(Cc1ccccc1Cl)C(=O)COc1ccc(F)cc1. The number of benzene rings is 2. The van der Waals surface area contributed by atoms with E-state index >= 15 is 0 Å². The van der Waals surface area contributed by atoms with Crippen molar-refractivity contribution >= 4 is 23.4 Å². The van der Waals surface area contributed by atoms with E-state index in [1.165, 1.54) is 29.2 Å². The van der Waals surface area contributed by atoms with Crippen molar-refractivity contribution in [3.05, 3.63) is 64.9 Å². The summed E-state index contributed by atoms with van der Waals surface area (Å²) in [6, 6.07) is 11.9. The molecule has 0 fully saturated rings. The number of rotatable bonds is 8. The molecule has 0 saturated carbocycles. The van der Waals surface area contributed by atoms with Gasteiger partial charge in [0.25, 0.3) is 5.91 Å². The smallest absolute Gasteiger partial charge is 0.261 e. The van der Waals surface area contributed by atoms with Gasteiger partial charge in [0.1, 0.15) is 17.6 Å². The largest absolute Gasteiger partial charge is 0.484 e. The van der Waals surface area contributed by atoms with Crippen molar-refractivity contribution in [2.24, 2.45) is 0 Å². The fourth-order valence-electron chi connectivity index (χ4n) is 2.94. The quantitative estimate of drug-likeness (QED) is 0.661. The van der Waals surface area contributed by atoms with E-state index in [1.54, 1.807) is 12.1 Å². The summed E-state index contributed by atoms with van der Waals surface area (Å²) in [5.74, 6) is -0.629. The molecule has 1 atom stereocenters. The number of nitrogens with zero attached hydrogens (tertiary/aromatic N) is 1. The summed E-state index contributed by atoms with van der Waals surface area (Å²) in [7, 11) is 0. The number of halogens is 2. The lowest BCUT2D eigenvalue weighted by Gasteiger charge is -2.33. The number of amides is 2. The Balaban J connectivity index is 2.24. The molecule has 2 aromatic carbocycles. The van der Waals surface area contributed by atoms with Crippen LogP contribution >= 0.6 is 11.6 Å². The van der Waals surface area contributed by atoms with Gasteiger partial charge in [-0.25, -0.2) is 4.39 Å². The van der Waals surface area contributed by atoms with Crippen molar-refractivity contribution in [1.82, 2.24) is 10.2 Å². The van der Waals surface area contributed by atoms with Gasteiger partial charge in [-0.05, 0) is 63.1 Å². The lowest BCUT2D eigenvalue weighted by molar-refractivity contribution is -0.143. The van der Waals surface area contributed by atoms with Gasteiger partial charge < -0.3 is 15.0 Å². The number of hydrogen-bond acceptors (Lipinski definition) is 3. The lowest BCUT2D eigenvalue weighted by atomic mass is 10.1. The average Bonchev–Trinajstić information content (AvgIpc) is 2.67. The van der Waals surface area contributed by atoms with Gasteiger partial charge in [0.15, 0.2) is 6.61 Å². The Morgan fingerprint density at radius 3 is 2.33 bits per heavy atom. The Labute approximate surface area is 182 Å². The van der Waals surface area contributed by atoms with E-state index in [1.807, 2.05) is 39.8 Å². The van der Waals surface area contributed by atoms with Crippen LogP contribution in [0.2, 0.25) is 5.02 Å². The summed E-state index contributed by atoms with van der Waals surface area (Å²) >= 11 is 6.29. The summed E-state index contributed by atoms with van der Waals surface area (Å²) in [4.78, 5) is 27.5. The van der Waals surface area contributed by atoms with Crippen molar-refractivity contribution in [3.63, 3.8) is 0 Å². The Morgan fingerprint density at radius 2 is 1.77 bits per heavy atom. The van der Waals surface area contributed by atoms with Crippen LogP contribution in [-0.4, -0.2) is 34.9 Å². The highest BCUT2D eigenvalue weighted by molar-refractivity contribution is 6.31. The molecular weight excluding hydrogens is 407 g/mol. The molecular formula is C23H28ClFN2O3. The fourth-order valence-corrected chi connectivity index (χ4v) is 3.14. The third kappa shape index (κ3) is 7.02. The topological polar surface area (TPSA) is 58.6 Å². The van der Waals surface area contributed by atoms with Crippen molar-refractivity contribution in [2.45, 2.75) is 52.2 Å². The van der Waals surface area contributed by atoms with Crippen LogP contribution in [0.5, 0.6) is 5.75 Å². The van der Waals surface area contributed by atoms with Gasteiger partial charge in [0, 0.05) is 17.1 Å². The molecule has 0 heterocycles. The first-order chi connectivity index (χ1) is 14.1. The zero-order valence-corrected chi connectivity index (χ0v) is 18.5. The second-order valence-electron chi connectivity index (χ2n) is 8.02. The molecule has 2 rings (SSSR count). The average molecular weight is 435 g/mol. The predicted molar refractivity (Wildman–Crippen MR) is 116 cm³/mol. The Kier molecular flexibility index (Phi) is 8.24. The summed E-state index contributed by atoms with van der Waals surface area (Å²) in [5, 5.41) is 3.45. The number of carbonyl (C=O) groups is 2. The Bertz CT molecular complexity index is 865. The minimum absolute atomic E-state index is 0.168. The third-order valence-corrected chi connectivity index (χ3v) is 4.73. The van der Waals surface area contributed by atoms with Crippen LogP contribution in [0.1, 0.15) is 39.7 Å². The first-order valence-corrected chi connectivity index (χ1v) is 10.2. The second kappa shape index (κ2) is 10.4. The van der Waals surface area contributed by atoms with E-state index < -0.39 is 11.6 Å². The van der Waals surface area contributed by atoms with Crippen LogP contribution in [0.3, 0.4) is 0 Å². The second-order valence-corrected chi connectivity index (χ2v) is 8.43. The molecule has 0 spiro atoms. The normalized spacial score (nSPS) is 12.2. The molecule has 5 nitrogen and oxygen atoms in total. The molecule has 7 heteroatoms. The monoisotopic (exact) mass is 434 g/mol. The zero-order chi connectivity index (χ0) is 22.3. The van der Waals surface area contributed by atoms with E-state index in [-0.39, 0.29) is 30.8 Å². The third-order valence-electron chi connectivity index (χ3n) is 4.36. The number of hydrogen-bond donors (Lipinski definition) is 1. The van der Waals surface area contributed by atoms with Gasteiger partial charge in [0.2, 0.25) is 5.91 Å². The van der Waals surface area contributed by atoms with Gasteiger partial charge in [0.05, 0.1) is 0 Å². The standard InChI is InChI=1S/C23H28ClFN2O3/c1-5-20(22(29)26-23(2,3)4)27(14-16-8-6-7-9-19(16)24)21(28)15-30-18-12-10-17(25)11-13-18/h6-13,20H,5,14-15H2,1-4H3,(H,26,29)/t20-/m0/s1. The molecule has 0 aliphatic heterocycles. The molecule has 0 aromatic heterocycles. The molecule has 0 bridgehead atoms. The van der Waals surface area contributed by atoms with Crippen LogP contribution in [0.15, 0.2) is 48.5 Å². The van der Waals surface area contributed by atoms with Crippen molar-refractivity contribution < 1.29 is 18.7 Å². The molecule has 0 aliphatic rings. The number of ether oxygens (including phenoxy) is 1. The summed E-state index contributed by atoms with van der Waals surface area (Å²) in [6.07, 6.45) is 0.425. The fraction of sp³-hybridized carbons (Fsp3) is 0.391. The Morgan fingerprint density at radius 1 is 1.13 bits per heavy atom. The molecule has 30 heavy (non-hydrogen) atoms. The van der Waals surface area contributed by atoms with E-state index in [2.05, 4.69) is 5.32 Å². The van der Waals surface area contributed by atoms with E-state index in [9.17, 15) is 14.0 Å². The van der Waals surface area contributed by atoms with E-state index in [0.717, 1.165) is 5.56 Å². The van der Waals surface area contributed by atoms with Gasteiger partial charge in [-0.2, -0.15) is 0 Å². The molecule has 0 aliphatic carbocycles. The van der Waals surface area contributed by atoms with Crippen LogP contribution in [0.25, 0.3) is 0 Å². The summed E-state index contributed by atoms with van der Waals surface area (Å²) < 4.78 is 18.6. The van der Waals surface area contributed by atoms with Crippen LogP contribution in [-0.2, 0) is 16.1 Å². The molecule has 2 amide bonds. The lowest BCUT2D eigenvalue weighted by Crippen LogP contribution is -2.54. The number of carbonyl (C=O) groups excluding carboxylic acids is 2. The maximum Gasteiger partial charge on any atom is 0.261 e. The highest BCUT2D eigenvalue weighted by Gasteiger charge is 2.31. The highest BCUT2D eigenvalue weighted by Crippen LogP contribution is 2.20. The van der Waals surface area contributed by atoms with E-state index in [4.69, 9.17) is 16.3 Å². The van der Waals surface area contributed by atoms with Crippen LogP contribution in [0.4, 0.5) is 4.39 Å². The van der Waals surface area contributed by atoms with Crippen LogP contribution in [0, 0.1) is 5.82 Å². The van der Waals surface area contributed by atoms with Crippen molar-refractivity contribution in [1.29, 1.82) is 0 Å². The number of nitrogens with one attached hydrogen (secondary N) is 1. The molecule has 2 aromatic rings. The van der Waals surface area contributed by atoms with Crippen LogP contribution < -0.4 is 10.1 Å². The predicted octanol–water partition coefficient (Wildman–Crippen LogP) is 4.58. The van der Waals surface area contributed by atoms with Crippen molar-refractivity contribution in [2.75, 3.05) is 6.61 Å².